The first-order valence-corrected chi connectivity index (χ1v) is 11.2. The number of anilines is 2. The summed E-state index contributed by atoms with van der Waals surface area (Å²) in [5.74, 6) is -1.52. The Morgan fingerprint density at radius 1 is 1.06 bits per heavy atom. The largest absolute Gasteiger partial charge is 0.484 e. The maximum Gasteiger partial charge on any atom is 0.471 e. The van der Waals surface area contributed by atoms with Crippen molar-refractivity contribution in [3.63, 3.8) is 0 Å². The number of alkyl halides is 3. The van der Waals surface area contributed by atoms with E-state index in [0.29, 0.717) is 38.5 Å². The summed E-state index contributed by atoms with van der Waals surface area (Å²) in [4.78, 5) is 30.7. The topological polar surface area (TPSA) is 104 Å². The number of aromatic nitrogens is 1. The number of carbonyl (C=O) groups excluding carboxylic acids is 2. The molecule has 0 saturated carbocycles. The maximum absolute atomic E-state index is 12.7. The molecule has 2 heterocycles. The fourth-order valence-corrected chi connectivity index (χ4v) is 4.02. The zero-order valence-electron chi connectivity index (χ0n) is 18.9. The highest BCUT2D eigenvalue weighted by Crippen LogP contribution is 2.25. The van der Waals surface area contributed by atoms with Gasteiger partial charge < -0.3 is 30.6 Å². The van der Waals surface area contributed by atoms with Gasteiger partial charge in [0.25, 0.3) is 5.91 Å². The standard InChI is InChI=1S/C24H26F3N5O3/c25-24(26,27)23(34)30-17-1-3-18(4-2-17)31-9-11-32(12-10-31)22(33)15-35-19-5-6-21-20(13-19)16(7-8-28)14-29-21/h1-6,13-14,29H,7-12,15,28H2,(H,30,34). The summed E-state index contributed by atoms with van der Waals surface area (Å²) in [5, 5.41) is 2.85. The molecule has 1 aliphatic heterocycles. The Morgan fingerprint density at radius 3 is 2.43 bits per heavy atom. The normalized spacial score (nSPS) is 14.3. The molecule has 4 rings (SSSR count). The van der Waals surface area contributed by atoms with Crippen LogP contribution in [0.4, 0.5) is 24.5 Å². The predicted octanol–water partition coefficient (Wildman–Crippen LogP) is 2.90. The average molecular weight is 489 g/mol. The van der Waals surface area contributed by atoms with Crippen LogP contribution in [0.15, 0.2) is 48.7 Å². The molecule has 1 saturated heterocycles. The summed E-state index contributed by atoms with van der Waals surface area (Å²) in [6.45, 7) is 2.59. The Labute approximate surface area is 199 Å². The molecule has 2 amide bonds. The second-order valence-electron chi connectivity index (χ2n) is 8.22. The number of nitrogens with zero attached hydrogens (tertiary/aromatic N) is 2. The Balaban J connectivity index is 1.27. The van der Waals surface area contributed by atoms with E-state index in [1.54, 1.807) is 17.0 Å². The lowest BCUT2D eigenvalue weighted by Crippen LogP contribution is -2.50. The van der Waals surface area contributed by atoms with E-state index >= 15 is 0 Å². The second kappa shape index (κ2) is 10.3. The second-order valence-corrected chi connectivity index (χ2v) is 8.22. The molecule has 0 unspecified atom stereocenters. The summed E-state index contributed by atoms with van der Waals surface area (Å²) < 4.78 is 42.9. The number of carbonyl (C=O) groups is 2. The summed E-state index contributed by atoms with van der Waals surface area (Å²) >= 11 is 0. The third-order valence-corrected chi connectivity index (χ3v) is 5.90. The Kier molecular flexibility index (Phi) is 7.15. The van der Waals surface area contributed by atoms with Gasteiger partial charge in [0.15, 0.2) is 6.61 Å². The molecule has 11 heteroatoms. The summed E-state index contributed by atoms with van der Waals surface area (Å²) in [6, 6.07) is 11.8. The molecule has 186 valence electrons. The molecule has 2 aromatic carbocycles. The van der Waals surface area contributed by atoms with Crippen LogP contribution < -0.4 is 20.7 Å². The van der Waals surface area contributed by atoms with E-state index in [9.17, 15) is 22.8 Å². The highest BCUT2D eigenvalue weighted by atomic mass is 19.4. The van der Waals surface area contributed by atoms with Gasteiger partial charge in [-0.05, 0) is 61.0 Å². The van der Waals surface area contributed by atoms with Gasteiger partial charge >= 0.3 is 12.1 Å². The molecule has 0 spiro atoms. The Bertz CT molecular complexity index is 1190. The minimum absolute atomic E-state index is 0.0648. The van der Waals surface area contributed by atoms with Gasteiger partial charge in [-0.2, -0.15) is 13.2 Å². The first kappa shape index (κ1) is 24.4. The lowest BCUT2D eigenvalue weighted by Gasteiger charge is -2.36. The van der Waals surface area contributed by atoms with Gasteiger partial charge in [-0.1, -0.05) is 0 Å². The van der Waals surface area contributed by atoms with E-state index in [-0.39, 0.29) is 18.2 Å². The van der Waals surface area contributed by atoms with Crippen LogP contribution in [-0.2, 0) is 16.0 Å². The molecule has 0 aliphatic carbocycles. The lowest BCUT2D eigenvalue weighted by atomic mass is 10.1. The van der Waals surface area contributed by atoms with Crippen LogP contribution in [0, 0.1) is 0 Å². The van der Waals surface area contributed by atoms with E-state index in [4.69, 9.17) is 10.5 Å². The van der Waals surface area contributed by atoms with Crippen molar-refractivity contribution in [2.75, 3.05) is 49.5 Å². The molecular weight excluding hydrogens is 463 g/mol. The van der Waals surface area contributed by atoms with Crippen LogP contribution in [0.3, 0.4) is 0 Å². The van der Waals surface area contributed by atoms with Gasteiger partial charge in [0, 0.05) is 54.7 Å². The van der Waals surface area contributed by atoms with Crippen LogP contribution in [0.2, 0.25) is 0 Å². The van der Waals surface area contributed by atoms with Crippen molar-refractivity contribution in [1.29, 1.82) is 0 Å². The molecule has 4 N–H and O–H groups in total. The summed E-state index contributed by atoms with van der Waals surface area (Å²) in [7, 11) is 0. The molecule has 0 bridgehead atoms. The van der Waals surface area contributed by atoms with E-state index in [0.717, 1.165) is 28.6 Å². The molecule has 3 aromatic rings. The monoisotopic (exact) mass is 489 g/mol. The van der Waals surface area contributed by atoms with Gasteiger partial charge in [0.1, 0.15) is 5.75 Å². The minimum Gasteiger partial charge on any atom is -0.484 e. The number of hydrogen-bond donors (Lipinski definition) is 3. The number of piperazine rings is 1. The first-order valence-electron chi connectivity index (χ1n) is 11.2. The van der Waals surface area contributed by atoms with E-state index < -0.39 is 12.1 Å². The molecule has 8 nitrogen and oxygen atoms in total. The number of nitrogens with one attached hydrogen (secondary N) is 2. The van der Waals surface area contributed by atoms with Crippen LogP contribution in [-0.4, -0.2) is 67.2 Å². The van der Waals surface area contributed by atoms with Crippen LogP contribution in [0.1, 0.15) is 5.56 Å². The van der Waals surface area contributed by atoms with Crippen molar-refractivity contribution in [3.05, 3.63) is 54.2 Å². The lowest BCUT2D eigenvalue weighted by molar-refractivity contribution is -0.167. The zero-order chi connectivity index (χ0) is 25.0. The number of nitrogens with two attached hydrogens (primary N) is 1. The third kappa shape index (κ3) is 5.86. The van der Waals surface area contributed by atoms with Gasteiger partial charge in [0.2, 0.25) is 0 Å². The number of H-pyrrole nitrogens is 1. The van der Waals surface area contributed by atoms with Crippen LogP contribution >= 0.6 is 0 Å². The molecule has 0 radical (unpaired) electrons. The van der Waals surface area contributed by atoms with Crippen molar-refractivity contribution in [2.24, 2.45) is 5.73 Å². The summed E-state index contributed by atoms with van der Waals surface area (Å²) in [5.41, 5.74) is 8.61. The minimum atomic E-state index is -4.94. The molecule has 35 heavy (non-hydrogen) atoms. The summed E-state index contributed by atoms with van der Waals surface area (Å²) in [6.07, 6.45) is -2.26. The molecule has 1 fully saturated rings. The van der Waals surface area contributed by atoms with Gasteiger partial charge in [-0.25, -0.2) is 0 Å². The highest BCUT2D eigenvalue weighted by molar-refractivity contribution is 5.95. The fourth-order valence-electron chi connectivity index (χ4n) is 4.02. The number of halogens is 3. The average Bonchev–Trinajstić information content (AvgIpc) is 3.25. The third-order valence-electron chi connectivity index (χ3n) is 5.90. The molecular formula is C24H26F3N5O3. The highest BCUT2D eigenvalue weighted by Gasteiger charge is 2.38. The molecule has 1 aromatic heterocycles. The number of amides is 2. The van der Waals surface area contributed by atoms with Crippen molar-refractivity contribution in [3.8, 4) is 5.75 Å². The smallest absolute Gasteiger partial charge is 0.471 e. The Morgan fingerprint density at radius 2 is 1.77 bits per heavy atom. The first-order chi connectivity index (χ1) is 16.7. The zero-order valence-corrected chi connectivity index (χ0v) is 18.9. The molecule has 1 aliphatic rings. The van der Waals surface area contributed by atoms with E-state index in [1.165, 1.54) is 12.1 Å². The predicted molar refractivity (Wildman–Crippen MR) is 126 cm³/mol. The maximum atomic E-state index is 12.7. The van der Waals surface area contributed by atoms with Gasteiger partial charge in [-0.3, -0.25) is 9.59 Å². The molecule has 0 atom stereocenters. The van der Waals surface area contributed by atoms with Crippen LogP contribution in [0.5, 0.6) is 5.75 Å². The van der Waals surface area contributed by atoms with Crippen molar-refractivity contribution < 1.29 is 27.5 Å². The van der Waals surface area contributed by atoms with Crippen molar-refractivity contribution in [2.45, 2.75) is 12.6 Å². The van der Waals surface area contributed by atoms with Gasteiger partial charge in [-0.15, -0.1) is 0 Å². The number of ether oxygens (including phenoxy) is 1. The number of benzene rings is 2. The van der Waals surface area contributed by atoms with E-state index in [2.05, 4.69) is 4.98 Å². The number of hydrogen-bond acceptors (Lipinski definition) is 5. The fraction of sp³-hybridized carbons (Fsp3) is 0.333. The SMILES string of the molecule is NCCc1c[nH]c2ccc(OCC(=O)N3CCN(c4ccc(NC(=O)C(F)(F)F)cc4)CC3)cc12. The van der Waals surface area contributed by atoms with E-state index in [1.807, 2.05) is 34.6 Å². The number of fused-ring (bicyclic) bond motifs is 1. The Hall–Kier alpha value is -3.73. The van der Waals surface area contributed by atoms with Crippen molar-refractivity contribution in [1.82, 2.24) is 9.88 Å². The number of aromatic amines is 1. The quantitative estimate of drug-likeness (QED) is 0.474. The number of rotatable bonds is 7. The van der Waals surface area contributed by atoms with Gasteiger partial charge in [0.05, 0.1) is 0 Å². The van der Waals surface area contributed by atoms with Crippen LogP contribution in [0.25, 0.3) is 10.9 Å². The van der Waals surface area contributed by atoms with Crippen molar-refractivity contribution >= 4 is 34.1 Å².